The normalized spacial score (nSPS) is 31.9. The Bertz CT molecular complexity index is 586. The van der Waals surface area contributed by atoms with E-state index in [9.17, 15) is 4.79 Å². The Kier molecular flexibility index (Phi) is 3.89. The molecule has 2 aliphatic rings. The van der Waals surface area contributed by atoms with Crippen molar-refractivity contribution in [3.05, 3.63) is 23.8 Å². The number of benzene rings is 1. The lowest BCUT2D eigenvalue weighted by atomic mass is 9.60. The molecule has 0 bridgehead atoms. The highest BCUT2D eigenvalue weighted by Gasteiger charge is 2.54. The van der Waals surface area contributed by atoms with Crippen molar-refractivity contribution in [3.63, 3.8) is 0 Å². The van der Waals surface area contributed by atoms with Gasteiger partial charge in [0.15, 0.2) is 11.5 Å². The number of likely N-dealkylation sites (tertiary alicyclic amines) is 1. The minimum absolute atomic E-state index is 0.0439. The number of hydrogen-bond acceptors (Lipinski definition) is 4. The Morgan fingerprint density at radius 3 is 2.59 bits per heavy atom. The van der Waals surface area contributed by atoms with Crippen LogP contribution in [0.1, 0.15) is 31.7 Å². The number of methoxy groups -OCH3 is 2. The van der Waals surface area contributed by atoms with Crippen molar-refractivity contribution in [3.8, 4) is 11.5 Å². The molecule has 1 aliphatic heterocycles. The summed E-state index contributed by atoms with van der Waals surface area (Å²) in [4.78, 5) is 14.4. The molecule has 1 aromatic rings. The number of rotatable bonds is 3. The van der Waals surface area contributed by atoms with Crippen LogP contribution in [0.3, 0.4) is 0 Å². The van der Waals surface area contributed by atoms with E-state index >= 15 is 0 Å². The van der Waals surface area contributed by atoms with E-state index in [0.29, 0.717) is 30.6 Å². The molecule has 2 fully saturated rings. The van der Waals surface area contributed by atoms with Crippen LogP contribution >= 0.6 is 0 Å². The Balaban J connectivity index is 2.09. The number of likely N-dealkylation sites (N-methyl/N-ethyl adjacent to an activating group) is 1. The molecule has 4 heteroatoms. The fourth-order valence-corrected chi connectivity index (χ4v) is 4.56. The highest BCUT2D eigenvalue weighted by atomic mass is 16.5. The zero-order valence-electron chi connectivity index (χ0n) is 13.9. The van der Waals surface area contributed by atoms with E-state index < -0.39 is 0 Å². The average Bonchev–Trinajstić information content (AvgIpc) is 2.85. The standard InChI is InChI=1S/C18H25NO3/c1-12-9-14(20)11-17-18(12,7-8-19(17)2)13-5-6-15(21-3)16(10-13)22-4/h5-6,10,12,17H,7-9,11H2,1-4H3/t12?,17-,18+/m0/s1. The number of carbonyl (C=O) groups is 1. The Morgan fingerprint density at radius 1 is 1.18 bits per heavy atom. The molecule has 1 heterocycles. The van der Waals surface area contributed by atoms with Gasteiger partial charge in [0.2, 0.25) is 0 Å². The summed E-state index contributed by atoms with van der Waals surface area (Å²) in [5.41, 5.74) is 1.32. The number of carbonyl (C=O) groups excluding carboxylic acids is 1. The zero-order valence-corrected chi connectivity index (χ0v) is 13.9. The first kappa shape index (κ1) is 15.3. The second kappa shape index (κ2) is 5.58. The number of Topliss-reactive ketones (excluding diaryl/α,β-unsaturated/α-hetero) is 1. The molecule has 0 aromatic heterocycles. The maximum absolute atomic E-state index is 12.1. The predicted molar refractivity (Wildman–Crippen MR) is 85.7 cm³/mol. The molecule has 0 radical (unpaired) electrons. The molecule has 3 rings (SSSR count). The Labute approximate surface area is 132 Å². The van der Waals surface area contributed by atoms with Gasteiger partial charge in [-0.3, -0.25) is 4.79 Å². The average molecular weight is 303 g/mol. The van der Waals surface area contributed by atoms with Crippen LogP contribution < -0.4 is 9.47 Å². The molecule has 1 saturated carbocycles. The molecule has 0 N–H and O–H groups in total. The smallest absolute Gasteiger partial charge is 0.161 e. The molecule has 0 spiro atoms. The lowest BCUT2D eigenvalue weighted by Gasteiger charge is -2.46. The third-order valence-electron chi connectivity index (χ3n) is 5.76. The van der Waals surface area contributed by atoms with Gasteiger partial charge in [-0.25, -0.2) is 0 Å². The minimum atomic E-state index is 0.0439. The van der Waals surface area contributed by atoms with E-state index in [1.165, 1.54) is 5.56 Å². The zero-order chi connectivity index (χ0) is 15.9. The van der Waals surface area contributed by atoms with Crippen LogP contribution in [0, 0.1) is 5.92 Å². The van der Waals surface area contributed by atoms with Crippen LogP contribution in [0.4, 0.5) is 0 Å². The molecule has 3 atom stereocenters. The maximum atomic E-state index is 12.1. The van der Waals surface area contributed by atoms with E-state index in [1.54, 1.807) is 14.2 Å². The van der Waals surface area contributed by atoms with Gasteiger partial charge in [0.25, 0.3) is 0 Å². The van der Waals surface area contributed by atoms with Gasteiger partial charge in [-0.05, 0) is 43.6 Å². The van der Waals surface area contributed by atoms with E-state index in [2.05, 4.69) is 31.0 Å². The van der Waals surface area contributed by atoms with Crippen LogP contribution in [0.25, 0.3) is 0 Å². The summed E-state index contributed by atoms with van der Waals surface area (Å²) in [6.07, 6.45) is 2.44. The third-order valence-corrected chi connectivity index (χ3v) is 5.76. The summed E-state index contributed by atoms with van der Waals surface area (Å²) in [6, 6.07) is 6.54. The molecule has 22 heavy (non-hydrogen) atoms. The quantitative estimate of drug-likeness (QED) is 0.860. The van der Waals surface area contributed by atoms with Gasteiger partial charge >= 0.3 is 0 Å². The highest BCUT2D eigenvalue weighted by molar-refractivity contribution is 5.81. The lowest BCUT2D eigenvalue weighted by Crippen LogP contribution is -2.50. The van der Waals surface area contributed by atoms with Gasteiger partial charge in [-0.15, -0.1) is 0 Å². The highest BCUT2D eigenvalue weighted by Crippen LogP contribution is 2.51. The van der Waals surface area contributed by atoms with Gasteiger partial charge in [0, 0.05) is 24.3 Å². The van der Waals surface area contributed by atoms with Crippen molar-refractivity contribution >= 4 is 5.78 Å². The number of ether oxygens (including phenoxy) is 2. The van der Waals surface area contributed by atoms with Crippen LogP contribution in [-0.4, -0.2) is 44.5 Å². The second-order valence-electron chi connectivity index (χ2n) is 6.70. The fraction of sp³-hybridized carbons (Fsp3) is 0.611. The van der Waals surface area contributed by atoms with Crippen molar-refractivity contribution < 1.29 is 14.3 Å². The van der Waals surface area contributed by atoms with Gasteiger partial charge < -0.3 is 14.4 Å². The van der Waals surface area contributed by atoms with E-state index in [1.807, 2.05) is 6.07 Å². The third kappa shape index (κ3) is 2.12. The van der Waals surface area contributed by atoms with E-state index in [0.717, 1.165) is 24.5 Å². The maximum Gasteiger partial charge on any atom is 0.161 e. The summed E-state index contributed by atoms with van der Waals surface area (Å²) in [6.45, 7) is 3.26. The SMILES string of the molecule is COc1ccc([C@]23CCN(C)[C@H]2CC(=O)CC3C)cc1OC. The van der Waals surface area contributed by atoms with Gasteiger partial charge in [0.05, 0.1) is 14.2 Å². The first-order valence-corrected chi connectivity index (χ1v) is 7.97. The van der Waals surface area contributed by atoms with Crippen LogP contribution in [-0.2, 0) is 10.2 Å². The van der Waals surface area contributed by atoms with Crippen molar-refractivity contribution in [2.24, 2.45) is 5.92 Å². The predicted octanol–water partition coefficient (Wildman–Crippen LogP) is 2.64. The van der Waals surface area contributed by atoms with Crippen LogP contribution in [0.2, 0.25) is 0 Å². The number of nitrogens with zero attached hydrogens (tertiary/aromatic N) is 1. The van der Waals surface area contributed by atoms with Crippen LogP contribution in [0.5, 0.6) is 11.5 Å². The van der Waals surface area contributed by atoms with E-state index in [-0.39, 0.29) is 5.41 Å². The van der Waals surface area contributed by atoms with Gasteiger partial charge in [-0.1, -0.05) is 13.0 Å². The summed E-state index contributed by atoms with van der Waals surface area (Å²) in [5, 5.41) is 0. The summed E-state index contributed by atoms with van der Waals surface area (Å²) in [7, 11) is 5.47. The van der Waals surface area contributed by atoms with Crippen molar-refractivity contribution in [2.75, 3.05) is 27.8 Å². The first-order valence-electron chi connectivity index (χ1n) is 7.97. The molecule has 120 valence electrons. The molecule has 1 unspecified atom stereocenters. The molecule has 1 saturated heterocycles. The molecule has 0 amide bonds. The molecular formula is C18H25NO3. The van der Waals surface area contributed by atoms with Gasteiger partial charge in [-0.2, -0.15) is 0 Å². The van der Waals surface area contributed by atoms with Crippen LogP contribution in [0.15, 0.2) is 18.2 Å². The van der Waals surface area contributed by atoms with Crippen molar-refractivity contribution in [1.29, 1.82) is 0 Å². The Hall–Kier alpha value is -1.55. The first-order chi connectivity index (χ1) is 10.5. The van der Waals surface area contributed by atoms with Crippen molar-refractivity contribution in [2.45, 2.75) is 37.6 Å². The molecular weight excluding hydrogens is 278 g/mol. The second-order valence-corrected chi connectivity index (χ2v) is 6.70. The lowest BCUT2D eigenvalue weighted by molar-refractivity contribution is -0.124. The number of fused-ring (bicyclic) bond motifs is 1. The van der Waals surface area contributed by atoms with E-state index in [4.69, 9.17) is 9.47 Å². The monoisotopic (exact) mass is 303 g/mol. The Morgan fingerprint density at radius 2 is 1.91 bits per heavy atom. The summed E-state index contributed by atoms with van der Waals surface area (Å²) >= 11 is 0. The molecule has 1 aromatic carbocycles. The van der Waals surface area contributed by atoms with Crippen molar-refractivity contribution in [1.82, 2.24) is 4.90 Å². The number of hydrogen-bond donors (Lipinski definition) is 0. The molecule has 1 aliphatic carbocycles. The van der Waals surface area contributed by atoms with Gasteiger partial charge in [0.1, 0.15) is 5.78 Å². The summed E-state index contributed by atoms with van der Waals surface area (Å²) in [5.74, 6) is 2.26. The largest absolute Gasteiger partial charge is 0.493 e. The minimum Gasteiger partial charge on any atom is -0.493 e. The number of ketones is 1. The fourth-order valence-electron chi connectivity index (χ4n) is 4.56. The molecule has 4 nitrogen and oxygen atoms in total. The topological polar surface area (TPSA) is 38.8 Å². The summed E-state index contributed by atoms with van der Waals surface area (Å²) < 4.78 is 10.9.